The van der Waals surface area contributed by atoms with Gasteiger partial charge in [-0.25, -0.2) is 0 Å². The molecule has 0 aromatic carbocycles. The van der Waals surface area contributed by atoms with Crippen molar-refractivity contribution in [1.29, 1.82) is 0 Å². The molecule has 1 fully saturated rings. The fourth-order valence-electron chi connectivity index (χ4n) is 1.12. The molecule has 0 aromatic heterocycles. The van der Waals surface area contributed by atoms with E-state index in [1.165, 1.54) is 0 Å². The lowest BCUT2D eigenvalue weighted by Gasteiger charge is -2.09. The molecule has 1 aliphatic carbocycles. The van der Waals surface area contributed by atoms with Crippen LogP contribution in [0, 0.1) is 5.92 Å². The van der Waals surface area contributed by atoms with Gasteiger partial charge < -0.3 is 16.8 Å². The largest absolute Gasteiger partial charge is 0.370 e. The second-order valence-electron chi connectivity index (χ2n) is 3.60. The van der Waals surface area contributed by atoms with Gasteiger partial charge in [-0.3, -0.25) is 9.59 Å². The molecular weight excluding hydrogens is 170 g/mol. The minimum Gasteiger partial charge on any atom is -0.370 e. The number of hydrogen-bond donors (Lipinski definition) is 3. The van der Waals surface area contributed by atoms with Crippen LogP contribution in [0.5, 0.6) is 0 Å². The number of primary amides is 1. The maximum Gasteiger partial charge on any atom is 0.237 e. The van der Waals surface area contributed by atoms with Crippen LogP contribution in [0.4, 0.5) is 0 Å². The van der Waals surface area contributed by atoms with Crippen molar-refractivity contribution < 1.29 is 9.59 Å². The van der Waals surface area contributed by atoms with Gasteiger partial charge in [-0.1, -0.05) is 6.92 Å². The topological polar surface area (TPSA) is 98.2 Å². The molecule has 3 atom stereocenters. The van der Waals surface area contributed by atoms with Gasteiger partial charge >= 0.3 is 0 Å². The molecular formula is C8H15N3O2. The van der Waals surface area contributed by atoms with Crippen molar-refractivity contribution in [2.75, 3.05) is 0 Å². The van der Waals surface area contributed by atoms with E-state index in [-0.39, 0.29) is 18.4 Å². The van der Waals surface area contributed by atoms with Crippen molar-refractivity contribution in [1.82, 2.24) is 5.32 Å². The average Bonchev–Trinajstić information content (AvgIpc) is 2.64. The summed E-state index contributed by atoms with van der Waals surface area (Å²) in [7, 11) is 0. The van der Waals surface area contributed by atoms with Gasteiger partial charge in [0.25, 0.3) is 0 Å². The molecule has 0 saturated heterocycles. The number of carbonyl (C=O) groups excluding carboxylic acids is 2. The lowest BCUT2D eigenvalue weighted by molar-refractivity contribution is -0.126. The molecule has 0 bridgehead atoms. The maximum absolute atomic E-state index is 11.2. The molecule has 5 heteroatoms. The molecule has 0 radical (unpaired) electrons. The van der Waals surface area contributed by atoms with Crippen molar-refractivity contribution >= 4 is 11.8 Å². The Balaban J connectivity index is 2.26. The number of carbonyl (C=O) groups is 2. The predicted molar refractivity (Wildman–Crippen MR) is 47.5 cm³/mol. The number of rotatable bonds is 4. The Bertz CT molecular complexity index is 229. The van der Waals surface area contributed by atoms with E-state index in [1.807, 2.05) is 6.92 Å². The van der Waals surface area contributed by atoms with Crippen LogP contribution in [0.15, 0.2) is 0 Å². The molecule has 0 aromatic rings. The molecule has 5 nitrogen and oxygen atoms in total. The normalized spacial score (nSPS) is 27.8. The van der Waals surface area contributed by atoms with Crippen LogP contribution in [-0.4, -0.2) is 23.9 Å². The highest BCUT2D eigenvalue weighted by Gasteiger charge is 2.34. The number of nitrogens with two attached hydrogens (primary N) is 2. The van der Waals surface area contributed by atoms with Crippen LogP contribution in [0.25, 0.3) is 0 Å². The van der Waals surface area contributed by atoms with E-state index >= 15 is 0 Å². The lowest BCUT2D eigenvalue weighted by Crippen LogP contribution is -2.44. The van der Waals surface area contributed by atoms with Crippen LogP contribution < -0.4 is 16.8 Å². The smallest absolute Gasteiger partial charge is 0.237 e. The molecule has 1 saturated carbocycles. The van der Waals surface area contributed by atoms with Crippen LogP contribution >= 0.6 is 0 Å². The first-order chi connectivity index (χ1) is 6.00. The van der Waals surface area contributed by atoms with Crippen LogP contribution in [-0.2, 0) is 9.59 Å². The summed E-state index contributed by atoms with van der Waals surface area (Å²) < 4.78 is 0. The summed E-state index contributed by atoms with van der Waals surface area (Å²) in [6.07, 6.45) is 0.905. The first-order valence-electron chi connectivity index (χ1n) is 4.35. The van der Waals surface area contributed by atoms with Crippen LogP contribution in [0.1, 0.15) is 19.8 Å². The van der Waals surface area contributed by atoms with Crippen molar-refractivity contribution in [3.05, 3.63) is 0 Å². The van der Waals surface area contributed by atoms with E-state index < -0.39 is 11.9 Å². The minimum absolute atomic E-state index is 0.0903. The molecule has 13 heavy (non-hydrogen) atoms. The summed E-state index contributed by atoms with van der Waals surface area (Å²) in [5.41, 5.74) is 10.3. The van der Waals surface area contributed by atoms with Crippen LogP contribution in [0.2, 0.25) is 0 Å². The zero-order valence-corrected chi connectivity index (χ0v) is 7.62. The first kappa shape index (κ1) is 9.98. The van der Waals surface area contributed by atoms with Gasteiger partial charge in [-0.15, -0.1) is 0 Å². The number of amides is 2. The fourth-order valence-corrected chi connectivity index (χ4v) is 1.12. The molecule has 5 N–H and O–H groups in total. The Morgan fingerprint density at radius 2 is 2.15 bits per heavy atom. The van der Waals surface area contributed by atoms with Gasteiger partial charge in [-0.05, 0) is 12.3 Å². The zero-order valence-electron chi connectivity index (χ0n) is 7.62. The van der Waals surface area contributed by atoms with Gasteiger partial charge in [0.2, 0.25) is 11.8 Å². The van der Waals surface area contributed by atoms with E-state index in [0.29, 0.717) is 5.92 Å². The molecule has 3 unspecified atom stereocenters. The van der Waals surface area contributed by atoms with Crippen molar-refractivity contribution in [3.63, 3.8) is 0 Å². The summed E-state index contributed by atoms with van der Waals surface area (Å²) in [6.45, 7) is 2.05. The van der Waals surface area contributed by atoms with E-state index in [1.54, 1.807) is 0 Å². The Morgan fingerprint density at radius 1 is 1.62 bits per heavy atom. The summed E-state index contributed by atoms with van der Waals surface area (Å²) in [5, 5.41) is 2.74. The highest BCUT2D eigenvalue weighted by molar-refractivity contribution is 5.87. The molecule has 0 spiro atoms. The Morgan fingerprint density at radius 3 is 2.54 bits per heavy atom. The Hall–Kier alpha value is -1.10. The highest BCUT2D eigenvalue weighted by atomic mass is 16.2. The number of nitrogens with one attached hydrogen (secondary N) is 1. The number of hydrogen-bond acceptors (Lipinski definition) is 3. The summed E-state index contributed by atoms with van der Waals surface area (Å²) in [4.78, 5) is 21.7. The van der Waals surface area contributed by atoms with E-state index in [4.69, 9.17) is 11.5 Å². The van der Waals surface area contributed by atoms with Gasteiger partial charge in [0.1, 0.15) is 0 Å². The SMILES string of the molecule is CC1CC1NC(=O)C(N)CC(N)=O. The van der Waals surface area contributed by atoms with Gasteiger partial charge in [0.15, 0.2) is 0 Å². The lowest BCUT2D eigenvalue weighted by atomic mass is 10.2. The van der Waals surface area contributed by atoms with E-state index in [0.717, 1.165) is 6.42 Å². The highest BCUT2D eigenvalue weighted by Crippen LogP contribution is 2.28. The molecule has 2 amide bonds. The second kappa shape index (κ2) is 3.74. The van der Waals surface area contributed by atoms with Crippen molar-refractivity contribution in [2.24, 2.45) is 17.4 Å². The van der Waals surface area contributed by atoms with Crippen LogP contribution in [0.3, 0.4) is 0 Å². The third kappa shape index (κ3) is 3.02. The Kier molecular flexibility index (Phi) is 2.87. The third-order valence-electron chi connectivity index (χ3n) is 2.19. The first-order valence-corrected chi connectivity index (χ1v) is 4.35. The third-order valence-corrected chi connectivity index (χ3v) is 2.19. The molecule has 1 aliphatic rings. The summed E-state index contributed by atoms with van der Waals surface area (Å²) >= 11 is 0. The quantitative estimate of drug-likeness (QED) is 0.508. The van der Waals surface area contributed by atoms with Gasteiger partial charge in [0, 0.05) is 6.04 Å². The average molecular weight is 185 g/mol. The summed E-state index contributed by atoms with van der Waals surface area (Å²) in [6, 6.07) is -0.559. The molecule has 74 valence electrons. The monoisotopic (exact) mass is 185 g/mol. The predicted octanol–water partition coefficient (Wildman–Crippen LogP) is -1.29. The standard InChI is InChI=1S/C8H15N3O2/c1-4-2-6(4)11-8(13)5(9)3-7(10)12/h4-6H,2-3,9H2,1H3,(H2,10,12)(H,11,13). The van der Waals surface area contributed by atoms with Crippen molar-refractivity contribution in [3.8, 4) is 0 Å². The maximum atomic E-state index is 11.2. The second-order valence-corrected chi connectivity index (χ2v) is 3.60. The minimum atomic E-state index is -0.801. The molecule has 0 aliphatic heterocycles. The van der Waals surface area contributed by atoms with Crippen molar-refractivity contribution in [2.45, 2.75) is 31.8 Å². The summed E-state index contributed by atoms with van der Waals surface area (Å²) in [5.74, 6) is -0.302. The molecule has 0 heterocycles. The van der Waals surface area contributed by atoms with Gasteiger partial charge in [-0.2, -0.15) is 0 Å². The Labute approximate surface area is 76.8 Å². The van der Waals surface area contributed by atoms with Gasteiger partial charge in [0.05, 0.1) is 12.5 Å². The van der Waals surface area contributed by atoms with E-state index in [2.05, 4.69) is 5.32 Å². The fraction of sp³-hybridized carbons (Fsp3) is 0.750. The zero-order chi connectivity index (χ0) is 10.0. The molecule has 1 rings (SSSR count). The van der Waals surface area contributed by atoms with E-state index in [9.17, 15) is 9.59 Å².